The summed E-state index contributed by atoms with van der Waals surface area (Å²) in [4.78, 5) is 0. The van der Waals surface area contributed by atoms with Crippen LogP contribution in [0, 0.1) is 5.41 Å². The third kappa shape index (κ3) is 0.920. The molecule has 0 aromatic carbocycles. The van der Waals surface area contributed by atoms with Gasteiger partial charge in [0.2, 0.25) is 0 Å². The molecule has 0 fully saturated rings. The van der Waals surface area contributed by atoms with Gasteiger partial charge < -0.3 is 5.73 Å². The van der Waals surface area contributed by atoms with Crippen LogP contribution in [0.5, 0.6) is 0 Å². The summed E-state index contributed by atoms with van der Waals surface area (Å²) in [5.41, 5.74) is 5.85. The van der Waals surface area contributed by atoms with Crippen molar-refractivity contribution in [2.75, 3.05) is 6.54 Å². The summed E-state index contributed by atoms with van der Waals surface area (Å²) >= 11 is 0. The SMILES string of the molecule is CC1(CN)C=CCC1. The topological polar surface area (TPSA) is 26.0 Å². The summed E-state index contributed by atoms with van der Waals surface area (Å²) in [5.74, 6) is 0. The Labute approximate surface area is 50.6 Å². The molecule has 1 heteroatoms. The van der Waals surface area contributed by atoms with Crippen LogP contribution >= 0.6 is 0 Å². The van der Waals surface area contributed by atoms with E-state index < -0.39 is 0 Å². The zero-order chi connectivity index (χ0) is 6.04. The monoisotopic (exact) mass is 111 g/mol. The van der Waals surface area contributed by atoms with Gasteiger partial charge in [0.1, 0.15) is 0 Å². The molecule has 0 saturated carbocycles. The van der Waals surface area contributed by atoms with Crippen LogP contribution in [0.2, 0.25) is 0 Å². The highest BCUT2D eigenvalue weighted by atomic mass is 14.6. The molecule has 0 aromatic heterocycles. The predicted molar refractivity (Wildman–Crippen MR) is 35.5 cm³/mol. The third-order valence-electron chi connectivity index (χ3n) is 1.87. The zero-order valence-electron chi connectivity index (χ0n) is 5.35. The first-order chi connectivity index (χ1) is 3.77. The average molecular weight is 111 g/mol. The van der Waals surface area contributed by atoms with Crippen molar-refractivity contribution < 1.29 is 0 Å². The molecule has 0 spiro atoms. The predicted octanol–water partition coefficient (Wildman–Crippen LogP) is 1.30. The van der Waals surface area contributed by atoms with E-state index >= 15 is 0 Å². The molecule has 1 rings (SSSR count). The van der Waals surface area contributed by atoms with Crippen LogP contribution in [0.15, 0.2) is 12.2 Å². The number of nitrogens with two attached hydrogens (primary N) is 1. The van der Waals surface area contributed by atoms with Gasteiger partial charge in [-0.05, 0) is 18.3 Å². The van der Waals surface area contributed by atoms with Crippen molar-refractivity contribution in [3.05, 3.63) is 12.2 Å². The van der Waals surface area contributed by atoms with E-state index in [0.717, 1.165) is 6.54 Å². The second-order valence-corrected chi connectivity index (χ2v) is 2.80. The Bertz CT molecular complexity index is 107. The molecule has 1 unspecified atom stereocenters. The van der Waals surface area contributed by atoms with Crippen molar-refractivity contribution in [1.29, 1.82) is 0 Å². The molecule has 0 radical (unpaired) electrons. The van der Waals surface area contributed by atoms with E-state index in [2.05, 4.69) is 19.1 Å². The standard InChI is InChI=1S/C7H13N/c1-7(6-8)4-2-3-5-7/h2,4H,3,5-6,8H2,1H3. The van der Waals surface area contributed by atoms with Crippen LogP contribution in [-0.4, -0.2) is 6.54 Å². The lowest BCUT2D eigenvalue weighted by molar-refractivity contribution is 0.432. The van der Waals surface area contributed by atoms with E-state index in [4.69, 9.17) is 5.73 Å². The van der Waals surface area contributed by atoms with E-state index in [1.807, 2.05) is 0 Å². The van der Waals surface area contributed by atoms with Gasteiger partial charge in [0.15, 0.2) is 0 Å². The van der Waals surface area contributed by atoms with Crippen LogP contribution in [-0.2, 0) is 0 Å². The van der Waals surface area contributed by atoms with Crippen molar-refractivity contribution >= 4 is 0 Å². The number of hydrogen-bond donors (Lipinski definition) is 1. The lowest BCUT2D eigenvalue weighted by Gasteiger charge is -2.17. The molecular weight excluding hydrogens is 98.1 g/mol. The first-order valence-electron chi connectivity index (χ1n) is 3.15. The summed E-state index contributed by atoms with van der Waals surface area (Å²) in [7, 11) is 0. The number of rotatable bonds is 1. The number of hydrogen-bond acceptors (Lipinski definition) is 1. The van der Waals surface area contributed by atoms with Crippen LogP contribution < -0.4 is 5.73 Å². The van der Waals surface area contributed by atoms with Gasteiger partial charge in [0, 0.05) is 6.54 Å². The molecule has 0 bridgehead atoms. The first kappa shape index (κ1) is 5.83. The highest BCUT2D eigenvalue weighted by molar-refractivity contribution is 5.04. The minimum absolute atomic E-state index is 0.333. The lowest BCUT2D eigenvalue weighted by atomic mass is 9.91. The lowest BCUT2D eigenvalue weighted by Crippen LogP contribution is -2.21. The summed E-state index contributed by atoms with van der Waals surface area (Å²) in [6, 6.07) is 0. The molecule has 1 nitrogen and oxygen atoms in total. The van der Waals surface area contributed by atoms with Gasteiger partial charge in [0.05, 0.1) is 0 Å². The molecule has 0 amide bonds. The van der Waals surface area contributed by atoms with Crippen molar-refractivity contribution in [3.8, 4) is 0 Å². The Balaban J connectivity index is 2.54. The van der Waals surface area contributed by atoms with E-state index in [1.165, 1.54) is 12.8 Å². The maximum absolute atomic E-state index is 5.52. The van der Waals surface area contributed by atoms with Gasteiger partial charge in [0.25, 0.3) is 0 Å². The van der Waals surface area contributed by atoms with E-state index in [-0.39, 0.29) is 0 Å². The fourth-order valence-electron chi connectivity index (χ4n) is 1.03. The molecule has 8 heavy (non-hydrogen) atoms. The summed E-state index contributed by atoms with van der Waals surface area (Å²) < 4.78 is 0. The summed E-state index contributed by atoms with van der Waals surface area (Å²) in [6.45, 7) is 3.00. The molecule has 46 valence electrons. The van der Waals surface area contributed by atoms with Crippen molar-refractivity contribution in [2.45, 2.75) is 19.8 Å². The van der Waals surface area contributed by atoms with E-state index in [0.29, 0.717) is 5.41 Å². The van der Waals surface area contributed by atoms with Gasteiger partial charge in [-0.15, -0.1) is 0 Å². The second kappa shape index (κ2) is 1.90. The number of allylic oxidation sites excluding steroid dienone is 1. The fourth-order valence-corrected chi connectivity index (χ4v) is 1.03. The zero-order valence-corrected chi connectivity index (χ0v) is 5.35. The van der Waals surface area contributed by atoms with Gasteiger partial charge in [-0.3, -0.25) is 0 Å². The summed E-state index contributed by atoms with van der Waals surface area (Å²) in [5, 5.41) is 0. The molecule has 1 atom stereocenters. The van der Waals surface area contributed by atoms with Crippen LogP contribution in [0.25, 0.3) is 0 Å². The molecular formula is C7H13N. The normalized spacial score (nSPS) is 36.2. The molecule has 0 heterocycles. The van der Waals surface area contributed by atoms with Gasteiger partial charge in [-0.25, -0.2) is 0 Å². The molecule has 2 N–H and O–H groups in total. The van der Waals surface area contributed by atoms with E-state index in [9.17, 15) is 0 Å². The first-order valence-corrected chi connectivity index (χ1v) is 3.15. The Morgan fingerprint density at radius 2 is 2.50 bits per heavy atom. The Hall–Kier alpha value is -0.300. The third-order valence-corrected chi connectivity index (χ3v) is 1.87. The maximum Gasteiger partial charge on any atom is 0.00116 e. The quantitative estimate of drug-likeness (QED) is 0.507. The van der Waals surface area contributed by atoms with Crippen molar-refractivity contribution in [1.82, 2.24) is 0 Å². The second-order valence-electron chi connectivity index (χ2n) is 2.80. The highest BCUT2D eigenvalue weighted by Crippen LogP contribution is 2.29. The molecule has 0 aromatic rings. The van der Waals surface area contributed by atoms with Crippen LogP contribution in [0.4, 0.5) is 0 Å². The smallest absolute Gasteiger partial charge is 0.00116 e. The van der Waals surface area contributed by atoms with Crippen LogP contribution in [0.3, 0.4) is 0 Å². The molecule has 1 aliphatic rings. The minimum atomic E-state index is 0.333. The van der Waals surface area contributed by atoms with E-state index in [1.54, 1.807) is 0 Å². The van der Waals surface area contributed by atoms with Gasteiger partial charge in [-0.2, -0.15) is 0 Å². The van der Waals surface area contributed by atoms with Crippen LogP contribution in [0.1, 0.15) is 19.8 Å². The average Bonchev–Trinajstić information content (AvgIpc) is 2.17. The molecule has 0 saturated heterocycles. The molecule has 1 aliphatic carbocycles. The largest absolute Gasteiger partial charge is 0.330 e. The Morgan fingerprint density at radius 3 is 2.75 bits per heavy atom. The Morgan fingerprint density at radius 1 is 1.75 bits per heavy atom. The fraction of sp³-hybridized carbons (Fsp3) is 0.714. The van der Waals surface area contributed by atoms with Gasteiger partial charge >= 0.3 is 0 Å². The van der Waals surface area contributed by atoms with Crippen molar-refractivity contribution in [3.63, 3.8) is 0 Å². The Kier molecular flexibility index (Phi) is 1.39. The highest BCUT2D eigenvalue weighted by Gasteiger charge is 2.20. The minimum Gasteiger partial charge on any atom is -0.330 e. The van der Waals surface area contributed by atoms with Gasteiger partial charge in [-0.1, -0.05) is 19.1 Å². The summed E-state index contributed by atoms with van der Waals surface area (Å²) in [6.07, 6.45) is 6.90. The van der Waals surface area contributed by atoms with Crippen molar-refractivity contribution in [2.24, 2.45) is 11.1 Å². The maximum atomic E-state index is 5.52. The molecule has 0 aliphatic heterocycles.